The third kappa shape index (κ3) is 189. The Balaban J connectivity index is -0.0000000171. The zero-order valence-electron chi connectivity index (χ0n) is 6.49. The average Bonchev–Trinajstić information content (AvgIpc) is 1.25. The molecule has 1 N–H and O–H groups in total. The maximum absolute atomic E-state index is 8.44. The molecule has 0 fully saturated rings. The normalized spacial score (nSPS) is 4.36. The average molecular weight is 222 g/mol. The van der Waals surface area contributed by atoms with Gasteiger partial charge in [-0.3, -0.25) is 0 Å². The van der Waals surface area contributed by atoms with Gasteiger partial charge in [-0.15, -0.1) is 0 Å². The van der Waals surface area contributed by atoms with Crippen molar-refractivity contribution in [1.82, 2.24) is 0 Å². The van der Waals surface area contributed by atoms with Gasteiger partial charge in [-0.25, -0.2) is 0 Å². The molecular formula is C2HK2NaO6. The molecule has 48 valence electrons. The molecule has 0 unspecified atom stereocenters. The predicted octanol–water partition coefficient (Wildman–Crippen LogP) is -12.5. The zero-order valence-corrected chi connectivity index (χ0v) is 14.7. The molecule has 0 spiro atoms. The smallest absolute Gasteiger partial charge is 0.652 e. The summed E-state index contributed by atoms with van der Waals surface area (Å²) in [6.07, 6.45) is -4.42. The summed E-state index contributed by atoms with van der Waals surface area (Å²) < 4.78 is 0. The first-order valence-corrected chi connectivity index (χ1v) is 1.24. The molecule has 0 aromatic rings. The van der Waals surface area contributed by atoms with E-state index in [1.165, 1.54) is 0 Å². The summed E-state index contributed by atoms with van der Waals surface area (Å²) in [6.45, 7) is 0. The maximum Gasteiger partial charge on any atom is 1.00 e. The van der Waals surface area contributed by atoms with Gasteiger partial charge in [0.15, 0.2) is 0 Å². The number of rotatable bonds is 0. The monoisotopic (exact) mass is 222 g/mol. The summed E-state index contributed by atoms with van der Waals surface area (Å²) in [6, 6.07) is 0. The number of hydrogen-bond acceptors (Lipinski definition) is 5. The topological polar surface area (TPSA) is 124 Å². The summed E-state index contributed by atoms with van der Waals surface area (Å²) in [5, 5.41) is 32.0. The molecule has 0 aliphatic rings. The van der Waals surface area contributed by atoms with E-state index >= 15 is 0 Å². The van der Waals surface area contributed by atoms with Crippen LogP contribution in [0.1, 0.15) is 0 Å². The molecule has 9 heteroatoms. The third-order valence-corrected chi connectivity index (χ3v) is 0. The van der Waals surface area contributed by atoms with Crippen molar-refractivity contribution >= 4 is 12.3 Å². The first-order valence-electron chi connectivity index (χ1n) is 1.24. The van der Waals surface area contributed by atoms with Crippen LogP contribution in [0.25, 0.3) is 0 Å². The van der Waals surface area contributed by atoms with E-state index in [1.54, 1.807) is 0 Å². The second kappa shape index (κ2) is 23.0. The molecule has 0 radical (unpaired) electrons. The van der Waals surface area contributed by atoms with Crippen molar-refractivity contribution in [2.45, 2.75) is 0 Å². The third-order valence-electron chi connectivity index (χ3n) is 0. The summed E-state index contributed by atoms with van der Waals surface area (Å²) in [7, 11) is 0. The molecule has 0 saturated carbocycles. The van der Waals surface area contributed by atoms with Crippen molar-refractivity contribution in [2.24, 2.45) is 0 Å². The first-order chi connectivity index (χ1) is 3.46. The molecule has 0 aromatic heterocycles. The summed E-state index contributed by atoms with van der Waals surface area (Å²) in [5.41, 5.74) is 0. The van der Waals surface area contributed by atoms with Gasteiger partial charge < -0.3 is 30.0 Å². The van der Waals surface area contributed by atoms with Crippen LogP contribution >= 0.6 is 0 Å². The van der Waals surface area contributed by atoms with E-state index in [1.807, 2.05) is 0 Å². The van der Waals surface area contributed by atoms with Gasteiger partial charge in [0.1, 0.15) is 0 Å². The molecule has 6 nitrogen and oxygen atoms in total. The van der Waals surface area contributed by atoms with E-state index in [0.29, 0.717) is 0 Å². The first kappa shape index (κ1) is 29.2. The van der Waals surface area contributed by atoms with E-state index in [9.17, 15) is 0 Å². The zero-order chi connectivity index (χ0) is 7.15. The fourth-order valence-electron chi connectivity index (χ4n) is 0. The minimum atomic E-state index is -2.33. The van der Waals surface area contributed by atoms with Crippen LogP contribution in [0.3, 0.4) is 0 Å². The van der Waals surface area contributed by atoms with Crippen LogP contribution in [-0.4, -0.2) is 17.4 Å². The molecule has 0 aliphatic carbocycles. The Kier molecular flexibility index (Phi) is 61.1. The van der Waals surface area contributed by atoms with E-state index in [-0.39, 0.29) is 132 Å². The molecule has 0 saturated heterocycles. The Bertz CT molecular complexity index is 76.6. The van der Waals surface area contributed by atoms with Crippen LogP contribution in [0.2, 0.25) is 0 Å². The Hall–Kier alpha value is 2.81. The second-order valence-corrected chi connectivity index (χ2v) is 0.516. The molecule has 0 atom stereocenters. The van der Waals surface area contributed by atoms with Gasteiger partial charge in [-0.05, 0) is 6.16 Å². The fraction of sp³-hybridized carbons (Fsp3) is 0. The minimum absolute atomic E-state index is 0. The predicted molar refractivity (Wildman–Crippen MR) is 13.4 cm³/mol. The van der Waals surface area contributed by atoms with Crippen LogP contribution < -0.4 is 148 Å². The number of carbonyl (C=O) groups is 2. The van der Waals surface area contributed by atoms with Crippen molar-refractivity contribution < 1.29 is 162 Å². The summed E-state index contributed by atoms with van der Waals surface area (Å²) in [5.74, 6) is 0. The van der Waals surface area contributed by atoms with Crippen LogP contribution in [-0.2, 0) is 0 Å². The van der Waals surface area contributed by atoms with E-state index in [4.69, 9.17) is 30.0 Å². The molecule has 11 heavy (non-hydrogen) atoms. The van der Waals surface area contributed by atoms with Gasteiger partial charge in [0, 0.05) is 0 Å². The molecule has 0 rings (SSSR count). The Labute approximate surface area is 170 Å². The second-order valence-electron chi connectivity index (χ2n) is 0.516. The van der Waals surface area contributed by atoms with Gasteiger partial charge >= 0.3 is 132 Å². The van der Waals surface area contributed by atoms with Crippen LogP contribution in [0.4, 0.5) is 9.59 Å². The number of carbonyl (C=O) groups excluding carboxylic acids is 1. The number of carboxylic acid groups (broad SMARTS) is 4. The Morgan fingerprint density at radius 3 is 1.00 bits per heavy atom. The van der Waals surface area contributed by atoms with Gasteiger partial charge in [-0.2, -0.15) is 0 Å². The largest absolute Gasteiger partial charge is 1.00 e. The molecular weight excluding hydrogens is 221 g/mol. The Morgan fingerprint density at radius 1 is 1.00 bits per heavy atom. The molecule has 0 heterocycles. The quantitative estimate of drug-likeness (QED) is 0.406. The van der Waals surface area contributed by atoms with Gasteiger partial charge in [-0.1, -0.05) is 0 Å². The molecule has 0 amide bonds. The van der Waals surface area contributed by atoms with Crippen LogP contribution in [0.15, 0.2) is 0 Å². The van der Waals surface area contributed by atoms with Gasteiger partial charge in [0.25, 0.3) is 0 Å². The van der Waals surface area contributed by atoms with Crippen molar-refractivity contribution in [2.75, 3.05) is 0 Å². The fourth-order valence-corrected chi connectivity index (χ4v) is 0. The molecule has 0 aliphatic heterocycles. The molecule has 0 bridgehead atoms. The van der Waals surface area contributed by atoms with Crippen molar-refractivity contribution in [3.05, 3.63) is 0 Å². The van der Waals surface area contributed by atoms with Crippen molar-refractivity contribution in [3.8, 4) is 0 Å². The van der Waals surface area contributed by atoms with Crippen molar-refractivity contribution in [1.29, 1.82) is 0 Å². The van der Waals surface area contributed by atoms with Crippen LogP contribution in [0, 0.1) is 0 Å². The number of hydrogen-bond donors (Lipinski definition) is 1. The molecule has 0 aromatic carbocycles. The van der Waals surface area contributed by atoms with E-state index < -0.39 is 12.3 Å². The summed E-state index contributed by atoms with van der Waals surface area (Å²) in [4.78, 5) is 16.8. The minimum Gasteiger partial charge on any atom is -0.652 e. The summed E-state index contributed by atoms with van der Waals surface area (Å²) >= 11 is 0. The van der Waals surface area contributed by atoms with E-state index in [0.717, 1.165) is 0 Å². The van der Waals surface area contributed by atoms with E-state index in [2.05, 4.69) is 0 Å². The Morgan fingerprint density at radius 2 is 1.00 bits per heavy atom. The van der Waals surface area contributed by atoms with Gasteiger partial charge in [0.2, 0.25) is 6.16 Å². The SMILES string of the molecule is O=C([O-])O.O=C([O-])[O-].[K+].[K+].[Na+]. The standard InChI is InChI=1S/2CH2O3.2K.Na/c2*2-1(3)4;;;/h2*(H2,2,3,4);;;/q;;3*+1/p-3. The van der Waals surface area contributed by atoms with Gasteiger partial charge in [0.05, 0.1) is 0 Å². The van der Waals surface area contributed by atoms with Crippen LogP contribution in [0.5, 0.6) is 0 Å². The maximum atomic E-state index is 8.44. The van der Waals surface area contributed by atoms with Crippen molar-refractivity contribution in [3.63, 3.8) is 0 Å².